The third-order valence-electron chi connectivity index (χ3n) is 10.0. The molecule has 10 atom stereocenters. The van der Waals surface area contributed by atoms with E-state index in [-0.39, 0.29) is 30.1 Å². The third kappa shape index (κ3) is 3.35. The summed E-state index contributed by atoms with van der Waals surface area (Å²) >= 11 is 0. The van der Waals surface area contributed by atoms with Gasteiger partial charge < -0.3 is 10.2 Å². The van der Waals surface area contributed by atoms with Crippen LogP contribution in [0.1, 0.15) is 71.6 Å². The van der Waals surface area contributed by atoms with Crippen LogP contribution in [0.25, 0.3) is 0 Å². The van der Waals surface area contributed by atoms with Gasteiger partial charge in [-0.1, -0.05) is 13.8 Å². The summed E-state index contributed by atoms with van der Waals surface area (Å²) in [6, 6.07) is 0. The van der Waals surface area contributed by atoms with Crippen molar-refractivity contribution in [1.82, 2.24) is 0 Å². The van der Waals surface area contributed by atoms with Crippen molar-refractivity contribution in [2.45, 2.75) is 89.5 Å². The second-order valence-electron chi connectivity index (χ2n) is 11.0. The van der Waals surface area contributed by atoms with Gasteiger partial charge in [-0.05, 0) is 105 Å². The zero-order valence-electron chi connectivity index (χ0n) is 17.6. The Morgan fingerprint density at radius 2 is 1.66 bits per heavy atom. The van der Waals surface area contributed by atoms with E-state index in [4.69, 9.17) is 0 Å². The van der Waals surface area contributed by atoms with Crippen molar-refractivity contribution in [2.24, 2.45) is 46.8 Å². The summed E-state index contributed by atoms with van der Waals surface area (Å²) < 4.78 is 53.2. The van der Waals surface area contributed by atoms with E-state index in [1.54, 1.807) is 0 Å². The molecule has 2 nitrogen and oxygen atoms in total. The molecule has 0 spiro atoms. The second-order valence-corrected chi connectivity index (χ2v) is 11.0. The van der Waals surface area contributed by atoms with E-state index in [0.717, 1.165) is 38.5 Å². The van der Waals surface area contributed by atoms with Gasteiger partial charge in [0.05, 0.1) is 6.10 Å². The Hall–Kier alpha value is -0.360. The van der Waals surface area contributed by atoms with Gasteiger partial charge in [0.2, 0.25) is 0 Å². The molecule has 2 N–H and O–H groups in total. The van der Waals surface area contributed by atoms with Gasteiger partial charge >= 0.3 is 6.18 Å². The predicted molar refractivity (Wildman–Crippen MR) is 103 cm³/mol. The van der Waals surface area contributed by atoms with Crippen molar-refractivity contribution >= 4 is 0 Å². The number of halogens is 4. The van der Waals surface area contributed by atoms with E-state index in [9.17, 15) is 27.8 Å². The third-order valence-corrected chi connectivity index (χ3v) is 10.0. The Balaban J connectivity index is 1.50. The van der Waals surface area contributed by atoms with E-state index < -0.39 is 24.6 Å². The Morgan fingerprint density at radius 3 is 2.31 bits per heavy atom. The number of hydrogen-bond donors (Lipinski definition) is 2. The Bertz CT molecular complexity index is 610. The first-order chi connectivity index (χ1) is 13.5. The Labute approximate surface area is 171 Å². The van der Waals surface area contributed by atoms with Gasteiger partial charge in [0.25, 0.3) is 0 Å². The van der Waals surface area contributed by atoms with E-state index >= 15 is 0 Å². The Kier molecular flexibility index (Phi) is 5.54. The monoisotopic (exact) mass is 420 g/mol. The first-order valence-corrected chi connectivity index (χ1v) is 11.5. The highest BCUT2D eigenvalue weighted by Crippen LogP contribution is 2.66. The molecule has 0 aromatic rings. The summed E-state index contributed by atoms with van der Waals surface area (Å²) in [4.78, 5) is 0. The van der Waals surface area contributed by atoms with Crippen molar-refractivity contribution in [2.75, 3.05) is 6.67 Å². The quantitative estimate of drug-likeness (QED) is 0.591. The van der Waals surface area contributed by atoms with Crippen molar-refractivity contribution < 1.29 is 27.8 Å². The SMILES string of the molecule is C[C@H]([C@H](O)CF)[C@H]1CC[C@H]2[C@@H]3CC[C@@H]4C[C@@](O)(C(F)(F)F)CC[C@@H]4[C@H]3CC[C@]12C. The molecule has 0 aromatic heterocycles. The molecule has 4 rings (SSSR count). The summed E-state index contributed by atoms with van der Waals surface area (Å²) in [7, 11) is 0. The van der Waals surface area contributed by atoms with Crippen LogP contribution >= 0.6 is 0 Å². The lowest BCUT2D eigenvalue weighted by Crippen LogP contribution is -2.55. The van der Waals surface area contributed by atoms with E-state index in [2.05, 4.69) is 6.92 Å². The van der Waals surface area contributed by atoms with Gasteiger partial charge in [0.15, 0.2) is 5.60 Å². The van der Waals surface area contributed by atoms with Crippen LogP contribution in [0.3, 0.4) is 0 Å². The number of aliphatic hydroxyl groups is 2. The minimum absolute atomic E-state index is 0.0227. The lowest BCUT2D eigenvalue weighted by molar-refractivity contribution is -0.282. The maximum Gasteiger partial charge on any atom is 0.417 e. The molecule has 0 radical (unpaired) electrons. The largest absolute Gasteiger partial charge is 0.417 e. The molecule has 0 unspecified atom stereocenters. The normalized spacial score (nSPS) is 49.7. The fourth-order valence-corrected chi connectivity index (χ4v) is 8.45. The van der Waals surface area contributed by atoms with Crippen LogP contribution in [0.2, 0.25) is 0 Å². The molecule has 0 amide bonds. The van der Waals surface area contributed by atoms with Crippen LogP contribution in [0.4, 0.5) is 17.6 Å². The van der Waals surface area contributed by atoms with Crippen LogP contribution in [0.15, 0.2) is 0 Å². The van der Waals surface area contributed by atoms with E-state index in [1.807, 2.05) is 6.92 Å². The standard InChI is InChI=1S/C23H36F4O2/c1-13(20(28)12-24)18-5-6-19-17-4-3-14-11-22(29,23(25,26)27)10-8-15(14)16(17)7-9-21(18,19)2/h13-20,28-29H,3-12H2,1-2H3/t13-,14+,15-,16+,17+,18+,19-,20+,21+,22+/m0/s1. The smallest absolute Gasteiger partial charge is 0.390 e. The first kappa shape index (κ1) is 21.9. The van der Waals surface area contributed by atoms with E-state index in [0.29, 0.717) is 36.0 Å². The minimum atomic E-state index is -4.54. The average molecular weight is 421 g/mol. The van der Waals surface area contributed by atoms with Gasteiger partial charge in [0, 0.05) is 0 Å². The van der Waals surface area contributed by atoms with Gasteiger partial charge in [-0.15, -0.1) is 0 Å². The molecule has 4 aliphatic carbocycles. The summed E-state index contributed by atoms with van der Waals surface area (Å²) in [5.74, 6) is 2.07. The fraction of sp³-hybridized carbons (Fsp3) is 1.00. The predicted octanol–water partition coefficient (Wildman–Crippen LogP) is 5.52. The highest BCUT2D eigenvalue weighted by molar-refractivity contribution is 5.08. The molecular formula is C23H36F4O2. The molecule has 0 saturated heterocycles. The van der Waals surface area contributed by atoms with Crippen LogP contribution in [0.5, 0.6) is 0 Å². The molecule has 6 heteroatoms. The summed E-state index contributed by atoms with van der Waals surface area (Å²) in [6.07, 6.45) is 0.647. The first-order valence-electron chi connectivity index (χ1n) is 11.5. The zero-order chi connectivity index (χ0) is 21.2. The number of aliphatic hydroxyl groups excluding tert-OH is 1. The second kappa shape index (κ2) is 7.36. The number of rotatable bonds is 3. The molecule has 4 saturated carbocycles. The van der Waals surface area contributed by atoms with Crippen LogP contribution in [-0.4, -0.2) is 34.8 Å². The fourth-order valence-electron chi connectivity index (χ4n) is 8.45. The molecule has 0 heterocycles. The summed E-state index contributed by atoms with van der Waals surface area (Å²) in [6.45, 7) is 3.60. The highest BCUT2D eigenvalue weighted by atomic mass is 19.4. The van der Waals surface area contributed by atoms with Crippen molar-refractivity contribution in [3.63, 3.8) is 0 Å². The summed E-state index contributed by atoms with van der Waals surface area (Å²) in [5.41, 5.74) is -2.40. The molecule has 0 aromatic carbocycles. The van der Waals surface area contributed by atoms with Gasteiger partial charge in [-0.2, -0.15) is 13.2 Å². The van der Waals surface area contributed by atoms with Crippen molar-refractivity contribution in [3.8, 4) is 0 Å². The molecule has 4 fully saturated rings. The molecule has 0 aliphatic heterocycles. The zero-order valence-corrected chi connectivity index (χ0v) is 17.6. The lowest BCUT2D eigenvalue weighted by atomic mass is 9.48. The number of fused-ring (bicyclic) bond motifs is 5. The lowest BCUT2D eigenvalue weighted by Gasteiger charge is -2.57. The van der Waals surface area contributed by atoms with Crippen LogP contribution in [0, 0.1) is 46.8 Å². The van der Waals surface area contributed by atoms with Crippen LogP contribution < -0.4 is 0 Å². The number of alkyl halides is 4. The van der Waals surface area contributed by atoms with E-state index in [1.165, 1.54) is 0 Å². The van der Waals surface area contributed by atoms with Crippen molar-refractivity contribution in [3.05, 3.63) is 0 Å². The minimum Gasteiger partial charge on any atom is -0.390 e. The molecular weight excluding hydrogens is 384 g/mol. The van der Waals surface area contributed by atoms with Gasteiger partial charge in [-0.3, -0.25) is 0 Å². The highest BCUT2D eigenvalue weighted by Gasteiger charge is 2.62. The van der Waals surface area contributed by atoms with Gasteiger partial charge in [0.1, 0.15) is 6.67 Å². The maximum absolute atomic E-state index is 13.4. The Morgan fingerprint density at radius 1 is 0.966 bits per heavy atom. The number of hydrogen-bond acceptors (Lipinski definition) is 2. The van der Waals surface area contributed by atoms with Crippen LogP contribution in [-0.2, 0) is 0 Å². The molecule has 0 bridgehead atoms. The van der Waals surface area contributed by atoms with Gasteiger partial charge in [-0.25, -0.2) is 4.39 Å². The topological polar surface area (TPSA) is 40.5 Å². The molecule has 168 valence electrons. The van der Waals surface area contributed by atoms with Crippen molar-refractivity contribution in [1.29, 1.82) is 0 Å². The molecule has 4 aliphatic rings. The summed E-state index contributed by atoms with van der Waals surface area (Å²) in [5, 5.41) is 20.3. The average Bonchev–Trinajstić information content (AvgIpc) is 3.02. The molecule has 29 heavy (non-hydrogen) atoms. The maximum atomic E-state index is 13.4.